The second-order valence-corrected chi connectivity index (χ2v) is 39.8. The fourth-order valence-electron chi connectivity index (χ4n) is 24.3. The van der Waals surface area contributed by atoms with Crippen LogP contribution in [-0.4, -0.2) is 91.0 Å². The molecule has 0 saturated heterocycles. The second-order valence-electron chi connectivity index (χ2n) is 37.7. The summed E-state index contributed by atoms with van der Waals surface area (Å²) in [6.07, 6.45) is 23.1. The zero-order chi connectivity index (χ0) is 88.4. The van der Waals surface area contributed by atoms with Crippen molar-refractivity contribution < 1.29 is 38.4 Å². The summed E-state index contributed by atoms with van der Waals surface area (Å²) in [5.41, 5.74) is 12.7. The summed E-state index contributed by atoms with van der Waals surface area (Å²) in [5, 5.41) is 12.9. The highest BCUT2D eigenvalue weighted by atomic mass is 32.1. The van der Waals surface area contributed by atoms with Crippen LogP contribution in [0.4, 0.5) is 0 Å². The molecule has 0 spiro atoms. The topological polar surface area (TPSA) is 150 Å². The maximum absolute atomic E-state index is 16.2. The summed E-state index contributed by atoms with van der Waals surface area (Å²) >= 11 is 3.37. The standard InChI is InChI=1S/C113H118N4O8S2/c1-13-25-35-63(23-11)61-113(62-64(24-12)36-26-14-2)89-57-65(91-53-55-93(126-91)87-59-85-77-45-49-81-99-79(105(118)114(107(81)120)67(27-15-3)28-16-4)47-41-73(95(77)99)75-43-51-83-101(97(75)85)103(87)111(124)116(109(83)122)69(31-19-7)32-20-8)37-39-71(89)72-40-38-66(58-90(72)113)92-54-56-94(127-92)88-60-86-78-46-50-82-100-80(106(119)115(108(82)121)68(29-17-5)30-18-6)48-42-74(96(78)100)76-44-52-84-102(98(76)86)104(88)112(125)117(110(84)123)70(33-21-9)34-22-10/h37-60,63-64,67-70H,13-36,61-62H2,1-12H3. The summed E-state index contributed by atoms with van der Waals surface area (Å²) < 4.78 is 0. The van der Waals surface area contributed by atoms with Crippen LogP contribution in [0, 0.1) is 11.8 Å². The van der Waals surface area contributed by atoms with Gasteiger partial charge < -0.3 is 0 Å². The van der Waals surface area contributed by atoms with Gasteiger partial charge in [-0.15, -0.1) is 22.7 Å². The Hall–Kier alpha value is -10.8. The third-order valence-corrected chi connectivity index (χ3v) is 32.4. The first-order valence-electron chi connectivity index (χ1n) is 48.3. The van der Waals surface area contributed by atoms with Gasteiger partial charge in [-0.2, -0.15) is 0 Å². The first-order chi connectivity index (χ1) is 61.8. The molecule has 4 aliphatic heterocycles. The lowest BCUT2D eigenvalue weighted by Crippen LogP contribution is -2.47. The Kier molecular flexibility index (Phi) is 23.1. The zero-order valence-electron chi connectivity index (χ0n) is 76.1. The van der Waals surface area contributed by atoms with E-state index in [9.17, 15) is 0 Å². The van der Waals surface area contributed by atoms with Crippen molar-refractivity contribution in [2.75, 3.05) is 0 Å². The molecule has 12 aromatic carbocycles. The molecular weight excluding hydrogens is 1610 g/mol. The molecule has 5 aliphatic rings. The fraction of sp³-hybridized carbons (Fsp3) is 0.398. The van der Waals surface area contributed by atoms with Gasteiger partial charge in [0.2, 0.25) is 0 Å². The molecular formula is C113H118N4O8S2. The van der Waals surface area contributed by atoms with Gasteiger partial charge in [0.25, 0.3) is 47.3 Å². The SMILES string of the molecule is CCCCC(CC)CC1(CC(CC)CCCC)c2cc(-c3ccc(-c4cc5c6ccc7c8c(ccc(c9ccc%10c(c4C(=O)N(C(CCC)CCC)C%10=O)c95)c86)C(=O)N(C(CCC)CCC)C7=O)s3)ccc2-c2ccc(-c3ccc(-c4cc5c6ccc7c8c(ccc(c9ccc%10c(c4C(=O)N(C(CCC)CCC)C%10=O)c95)c86)C(=O)N(C(CCC)CCC)C7=O)s3)cc21. The summed E-state index contributed by atoms with van der Waals surface area (Å²) in [4.78, 5) is 134. The van der Waals surface area contributed by atoms with Crippen LogP contribution in [0.5, 0.6) is 0 Å². The van der Waals surface area contributed by atoms with Gasteiger partial charge in [0.05, 0.1) is 11.1 Å². The average Bonchev–Trinajstić information content (AvgIpc) is 1.26. The maximum Gasteiger partial charge on any atom is 0.262 e. The van der Waals surface area contributed by atoms with Crippen LogP contribution in [0.25, 0.3) is 139 Å². The summed E-state index contributed by atoms with van der Waals surface area (Å²) in [5.74, 6) is -1.28. The van der Waals surface area contributed by atoms with Crippen molar-refractivity contribution in [2.45, 2.75) is 280 Å². The van der Waals surface area contributed by atoms with Gasteiger partial charge in [0.15, 0.2) is 0 Å². The Bertz CT molecular complexity index is 6400. The number of hydrogen-bond acceptors (Lipinski definition) is 10. The number of imide groups is 4. The Labute approximate surface area is 754 Å². The summed E-state index contributed by atoms with van der Waals surface area (Å²) in [6.45, 7) is 26.3. The van der Waals surface area contributed by atoms with Gasteiger partial charge in [-0.25, -0.2) is 0 Å². The van der Waals surface area contributed by atoms with Crippen LogP contribution in [0.3, 0.4) is 0 Å². The van der Waals surface area contributed by atoms with E-state index in [1.165, 1.54) is 32.1 Å². The van der Waals surface area contributed by atoms with Crippen molar-refractivity contribution in [3.8, 4) is 52.9 Å². The summed E-state index contributed by atoms with van der Waals surface area (Å²) in [6, 6.07) is 50.4. The fourth-order valence-corrected chi connectivity index (χ4v) is 26.3. The van der Waals surface area contributed by atoms with E-state index in [0.717, 1.165) is 248 Å². The van der Waals surface area contributed by atoms with Crippen molar-refractivity contribution in [1.82, 2.24) is 19.6 Å². The molecule has 2 unspecified atom stereocenters. The number of hydrogen-bond donors (Lipinski definition) is 0. The van der Waals surface area contributed by atoms with Gasteiger partial charge in [-0.1, -0.05) is 246 Å². The number of carbonyl (C=O) groups is 8. The van der Waals surface area contributed by atoms with Crippen molar-refractivity contribution in [2.24, 2.45) is 11.8 Å². The van der Waals surface area contributed by atoms with Crippen LogP contribution in [0.1, 0.15) is 344 Å². The molecule has 650 valence electrons. The van der Waals surface area contributed by atoms with Crippen molar-refractivity contribution in [3.05, 3.63) is 201 Å². The van der Waals surface area contributed by atoms with Crippen LogP contribution in [-0.2, 0) is 5.41 Å². The third-order valence-electron chi connectivity index (χ3n) is 30.1. The molecule has 19 rings (SSSR count). The van der Waals surface area contributed by atoms with E-state index in [1.54, 1.807) is 32.5 Å². The molecule has 0 fully saturated rings. The van der Waals surface area contributed by atoms with E-state index in [0.29, 0.717) is 104 Å². The molecule has 6 heterocycles. The Balaban J connectivity index is 0.774. The summed E-state index contributed by atoms with van der Waals surface area (Å²) in [7, 11) is 0. The number of thiophene rings is 2. The van der Waals surface area contributed by atoms with Crippen molar-refractivity contribution in [1.29, 1.82) is 0 Å². The van der Waals surface area contributed by atoms with Gasteiger partial charge in [0, 0.05) is 115 Å². The zero-order valence-corrected chi connectivity index (χ0v) is 77.7. The lowest BCUT2D eigenvalue weighted by Gasteiger charge is -2.39. The Morgan fingerprint density at radius 2 is 0.504 bits per heavy atom. The number of amides is 8. The largest absolute Gasteiger partial charge is 0.271 e. The van der Waals surface area contributed by atoms with Gasteiger partial charge in [-0.05, 0) is 259 Å². The van der Waals surface area contributed by atoms with E-state index >= 15 is 38.4 Å². The first kappa shape index (κ1) is 85.6. The molecule has 2 aromatic heterocycles. The molecule has 1 aliphatic carbocycles. The van der Waals surface area contributed by atoms with Gasteiger partial charge >= 0.3 is 0 Å². The molecule has 12 nitrogen and oxygen atoms in total. The van der Waals surface area contributed by atoms with E-state index in [4.69, 9.17) is 0 Å². The molecule has 14 aromatic rings. The predicted octanol–water partition coefficient (Wildman–Crippen LogP) is 30.3. The van der Waals surface area contributed by atoms with Gasteiger partial charge in [0.1, 0.15) is 0 Å². The van der Waals surface area contributed by atoms with Crippen LogP contribution >= 0.6 is 22.7 Å². The second kappa shape index (κ2) is 34.3. The third kappa shape index (κ3) is 13.3. The molecule has 8 amide bonds. The quantitative estimate of drug-likeness (QED) is 0.0214. The minimum atomic E-state index is -0.403. The van der Waals surface area contributed by atoms with E-state index < -0.39 is 5.41 Å². The van der Waals surface area contributed by atoms with Crippen molar-refractivity contribution >= 4 is 156 Å². The van der Waals surface area contributed by atoms with E-state index in [1.807, 2.05) is 60.7 Å². The molecule has 0 bridgehead atoms. The number of fused-ring (bicyclic) bond motifs is 7. The van der Waals surface area contributed by atoms with E-state index in [2.05, 4.69) is 168 Å². The normalized spacial score (nSPS) is 15.5. The molecule has 2 atom stereocenters. The highest BCUT2D eigenvalue weighted by Gasteiger charge is 2.49. The highest BCUT2D eigenvalue weighted by molar-refractivity contribution is 7.19. The maximum atomic E-state index is 16.2. The Morgan fingerprint density at radius 3 is 0.787 bits per heavy atom. The van der Waals surface area contributed by atoms with Crippen molar-refractivity contribution in [3.63, 3.8) is 0 Å². The predicted molar refractivity (Wildman–Crippen MR) is 525 cm³/mol. The number of nitrogens with zero attached hydrogens (tertiary/aromatic N) is 4. The average molecular weight is 1720 g/mol. The molecule has 0 N–H and O–H groups in total. The molecule has 0 radical (unpaired) electrons. The smallest absolute Gasteiger partial charge is 0.262 e. The number of carbonyl (C=O) groups excluding carboxylic acids is 8. The molecule has 14 heteroatoms. The van der Waals surface area contributed by atoms with Crippen LogP contribution in [0.2, 0.25) is 0 Å². The minimum absolute atomic E-state index is 0.217. The monoisotopic (exact) mass is 1720 g/mol. The lowest BCUT2D eigenvalue weighted by molar-refractivity contribution is 0.0505. The van der Waals surface area contributed by atoms with Crippen LogP contribution < -0.4 is 0 Å². The first-order valence-corrected chi connectivity index (χ1v) is 50.0. The highest BCUT2D eigenvalue weighted by Crippen LogP contribution is 2.60. The Morgan fingerprint density at radius 1 is 0.244 bits per heavy atom. The lowest BCUT2D eigenvalue weighted by atomic mass is 9.65. The van der Waals surface area contributed by atoms with Gasteiger partial charge in [-0.3, -0.25) is 58.0 Å². The minimum Gasteiger partial charge on any atom is -0.271 e. The number of benzene rings is 12. The molecule has 127 heavy (non-hydrogen) atoms. The number of unbranched alkanes of at least 4 members (excludes halogenated alkanes) is 2. The van der Waals surface area contributed by atoms with E-state index in [-0.39, 0.29) is 71.4 Å². The van der Waals surface area contributed by atoms with Crippen LogP contribution in [0.15, 0.2) is 146 Å². The number of rotatable bonds is 36. The molecule has 0 saturated carbocycles.